The largest absolute Gasteiger partial charge is 0.478 e. The van der Waals surface area contributed by atoms with Gasteiger partial charge >= 0.3 is 11.9 Å². The number of nitrogens with one attached hydrogen (secondary N) is 2. The summed E-state index contributed by atoms with van der Waals surface area (Å²) in [5, 5.41) is 13.8. The fourth-order valence-electron chi connectivity index (χ4n) is 3.75. The third-order valence-corrected chi connectivity index (χ3v) is 5.84. The first-order valence-electron chi connectivity index (χ1n) is 10.9. The van der Waals surface area contributed by atoms with Crippen molar-refractivity contribution in [2.45, 2.75) is 6.92 Å². The molecule has 1 aromatic heterocycles. The molecule has 0 saturated carbocycles. The minimum atomic E-state index is -1.24. The van der Waals surface area contributed by atoms with Crippen molar-refractivity contribution in [3.63, 3.8) is 0 Å². The number of amides is 1. The van der Waals surface area contributed by atoms with Crippen molar-refractivity contribution in [3.8, 4) is 0 Å². The molecule has 3 aromatic carbocycles. The van der Waals surface area contributed by atoms with Gasteiger partial charge in [0.25, 0.3) is 5.91 Å². The Labute approximate surface area is 216 Å². The minimum absolute atomic E-state index is 0.0447. The van der Waals surface area contributed by atoms with Gasteiger partial charge in [0.05, 0.1) is 17.2 Å². The van der Waals surface area contributed by atoms with E-state index in [1.165, 1.54) is 18.2 Å². The highest BCUT2D eigenvalue weighted by Crippen LogP contribution is 2.35. The van der Waals surface area contributed by atoms with Crippen molar-refractivity contribution >= 4 is 69.3 Å². The van der Waals surface area contributed by atoms with Crippen LogP contribution in [0.2, 0.25) is 10.0 Å². The number of aromatic amines is 1. The zero-order valence-electron chi connectivity index (χ0n) is 19.0. The number of rotatable bonds is 7. The Morgan fingerprint density at radius 2 is 1.72 bits per heavy atom. The molecule has 0 fully saturated rings. The Morgan fingerprint density at radius 1 is 1.00 bits per heavy atom. The number of hydrogen-bond acceptors (Lipinski definition) is 4. The molecule has 0 aliphatic heterocycles. The van der Waals surface area contributed by atoms with Crippen LogP contribution in [0.15, 0.2) is 66.7 Å². The number of aliphatic carboxylic acids is 1. The third-order valence-electron chi connectivity index (χ3n) is 5.32. The number of carbonyl (C=O) groups excluding carboxylic acids is 2. The molecule has 1 heterocycles. The Morgan fingerprint density at radius 3 is 2.42 bits per heavy atom. The maximum Gasteiger partial charge on any atom is 0.355 e. The quantitative estimate of drug-likeness (QED) is 0.189. The van der Waals surface area contributed by atoms with E-state index in [1.807, 2.05) is 0 Å². The fourth-order valence-corrected chi connectivity index (χ4v) is 4.35. The van der Waals surface area contributed by atoms with E-state index in [-0.39, 0.29) is 34.4 Å². The fraction of sp³-hybridized carbons (Fsp3) is 0.0741. The number of hydrogen-bond donors (Lipinski definition) is 3. The topological polar surface area (TPSA) is 108 Å². The van der Waals surface area contributed by atoms with Crippen LogP contribution >= 0.6 is 23.2 Å². The number of anilines is 1. The number of carboxylic acids is 1. The average molecular weight is 523 g/mol. The molecule has 0 saturated heterocycles. The molecule has 0 atom stereocenters. The van der Waals surface area contributed by atoms with Crippen LogP contribution < -0.4 is 5.32 Å². The van der Waals surface area contributed by atoms with E-state index in [4.69, 9.17) is 27.9 Å². The molecule has 0 unspecified atom stereocenters. The predicted octanol–water partition coefficient (Wildman–Crippen LogP) is 6.53. The highest BCUT2D eigenvalue weighted by Gasteiger charge is 2.22. The first-order chi connectivity index (χ1) is 17.3. The second-order valence-electron chi connectivity index (χ2n) is 7.71. The molecule has 4 aromatic rings. The lowest BCUT2D eigenvalue weighted by atomic mass is 10.0. The Kier molecular flexibility index (Phi) is 7.43. The summed E-state index contributed by atoms with van der Waals surface area (Å²) in [5.41, 5.74) is 1.80. The number of H-pyrrole nitrogens is 1. The number of ether oxygens (including phenoxy) is 1. The van der Waals surface area contributed by atoms with Crippen molar-refractivity contribution in [1.29, 1.82) is 0 Å². The van der Waals surface area contributed by atoms with E-state index < -0.39 is 11.9 Å². The lowest BCUT2D eigenvalue weighted by molar-refractivity contribution is -0.130. The van der Waals surface area contributed by atoms with E-state index in [0.29, 0.717) is 32.7 Å². The Bertz CT molecular complexity index is 1510. The average Bonchev–Trinajstić information content (AvgIpc) is 3.21. The summed E-state index contributed by atoms with van der Waals surface area (Å²) in [5.74, 6) is -2.24. The van der Waals surface area contributed by atoms with Crippen molar-refractivity contribution < 1.29 is 24.2 Å². The lowest BCUT2D eigenvalue weighted by Gasteiger charge is -2.09. The molecular weight excluding hydrogens is 503 g/mol. The zero-order chi connectivity index (χ0) is 25.8. The molecular formula is C27H20Cl2N2O5. The van der Waals surface area contributed by atoms with Gasteiger partial charge in [-0.25, -0.2) is 9.59 Å². The highest BCUT2D eigenvalue weighted by atomic mass is 35.5. The van der Waals surface area contributed by atoms with Crippen molar-refractivity contribution in [1.82, 2.24) is 4.98 Å². The molecule has 0 radical (unpaired) electrons. The van der Waals surface area contributed by atoms with Crippen LogP contribution in [0.1, 0.15) is 38.9 Å². The van der Waals surface area contributed by atoms with E-state index in [2.05, 4.69) is 10.3 Å². The van der Waals surface area contributed by atoms with Gasteiger partial charge in [-0.05, 0) is 55.0 Å². The standard InChI is InChI=1S/C27H20Cl2N2O5/c1-2-36-27(35)24-20(23-21(29)12-17(28)13-22(23)31-24)14-19(26(33)34)16-9-6-10-18(11-16)30-25(32)15-7-4-3-5-8-15/h3-14,31H,2H2,1H3,(H,30,32)(H,33,34)/b19-14-. The van der Waals surface area contributed by atoms with E-state index >= 15 is 0 Å². The van der Waals surface area contributed by atoms with E-state index in [9.17, 15) is 19.5 Å². The van der Waals surface area contributed by atoms with Crippen LogP contribution in [0.3, 0.4) is 0 Å². The number of esters is 1. The summed E-state index contributed by atoms with van der Waals surface area (Å²) in [4.78, 5) is 40.5. The summed E-state index contributed by atoms with van der Waals surface area (Å²) in [6, 6.07) is 18.1. The van der Waals surface area contributed by atoms with Crippen molar-refractivity contribution in [3.05, 3.63) is 99.2 Å². The van der Waals surface area contributed by atoms with Gasteiger partial charge in [0.1, 0.15) is 5.69 Å². The molecule has 0 aliphatic rings. The summed E-state index contributed by atoms with van der Waals surface area (Å²) in [6.07, 6.45) is 1.35. The maximum absolute atomic E-state index is 12.7. The molecule has 3 N–H and O–H groups in total. The van der Waals surface area contributed by atoms with Crippen LogP contribution in [0, 0.1) is 0 Å². The second-order valence-corrected chi connectivity index (χ2v) is 8.55. The van der Waals surface area contributed by atoms with Crippen LogP contribution in [0.5, 0.6) is 0 Å². The summed E-state index contributed by atoms with van der Waals surface area (Å²) >= 11 is 12.5. The summed E-state index contributed by atoms with van der Waals surface area (Å²) < 4.78 is 5.15. The van der Waals surface area contributed by atoms with Gasteiger partial charge in [0.2, 0.25) is 0 Å². The predicted molar refractivity (Wildman–Crippen MR) is 141 cm³/mol. The molecule has 36 heavy (non-hydrogen) atoms. The molecule has 182 valence electrons. The summed E-state index contributed by atoms with van der Waals surface area (Å²) in [6.45, 7) is 1.79. The molecule has 0 spiro atoms. The maximum atomic E-state index is 12.7. The van der Waals surface area contributed by atoms with Gasteiger partial charge in [-0.3, -0.25) is 4.79 Å². The lowest BCUT2D eigenvalue weighted by Crippen LogP contribution is -2.12. The first kappa shape index (κ1) is 25.0. The van der Waals surface area contributed by atoms with Gasteiger partial charge in [-0.15, -0.1) is 0 Å². The monoisotopic (exact) mass is 522 g/mol. The van der Waals surface area contributed by atoms with Gasteiger partial charge in [-0.1, -0.05) is 53.5 Å². The number of halogens is 2. The Hall–Kier alpha value is -4.07. The van der Waals surface area contributed by atoms with Crippen molar-refractivity contribution in [2.24, 2.45) is 0 Å². The minimum Gasteiger partial charge on any atom is -0.478 e. The smallest absolute Gasteiger partial charge is 0.355 e. The van der Waals surface area contributed by atoms with Crippen LogP contribution in [0.4, 0.5) is 5.69 Å². The van der Waals surface area contributed by atoms with E-state index in [0.717, 1.165) is 0 Å². The molecule has 0 aliphatic carbocycles. The first-order valence-corrected chi connectivity index (χ1v) is 11.6. The number of fused-ring (bicyclic) bond motifs is 1. The zero-order valence-corrected chi connectivity index (χ0v) is 20.5. The highest BCUT2D eigenvalue weighted by molar-refractivity contribution is 6.39. The molecule has 1 amide bonds. The number of carbonyl (C=O) groups is 3. The van der Waals surface area contributed by atoms with Gasteiger partial charge in [0.15, 0.2) is 0 Å². The SMILES string of the molecule is CCOC(=O)c1[nH]c2cc(Cl)cc(Cl)c2c1/C=C(\C(=O)O)c1cccc(NC(=O)c2ccccc2)c1. The van der Waals surface area contributed by atoms with Crippen molar-refractivity contribution in [2.75, 3.05) is 11.9 Å². The molecule has 9 heteroatoms. The normalized spacial score (nSPS) is 11.4. The molecule has 0 bridgehead atoms. The molecule has 7 nitrogen and oxygen atoms in total. The number of benzene rings is 3. The van der Waals surface area contributed by atoms with E-state index in [1.54, 1.807) is 61.5 Å². The number of aromatic nitrogens is 1. The Balaban J connectivity index is 1.81. The van der Waals surface area contributed by atoms with Gasteiger partial charge < -0.3 is 20.1 Å². The summed E-state index contributed by atoms with van der Waals surface area (Å²) in [7, 11) is 0. The van der Waals surface area contributed by atoms with Gasteiger partial charge in [0, 0.05) is 32.7 Å². The third kappa shape index (κ3) is 5.27. The number of carboxylic acid groups (broad SMARTS) is 1. The second kappa shape index (κ2) is 10.7. The molecule has 4 rings (SSSR count). The van der Waals surface area contributed by atoms with Crippen LogP contribution in [0.25, 0.3) is 22.6 Å². The van der Waals surface area contributed by atoms with Gasteiger partial charge in [-0.2, -0.15) is 0 Å². The van der Waals surface area contributed by atoms with Crippen LogP contribution in [-0.4, -0.2) is 34.5 Å². The van der Waals surface area contributed by atoms with Crippen LogP contribution in [-0.2, 0) is 9.53 Å².